The van der Waals surface area contributed by atoms with Gasteiger partial charge >= 0.3 is 6.18 Å². The highest BCUT2D eigenvalue weighted by Crippen LogP contribution is 2.36. The van der Waals surface area contributed by atoms with Gasteiger partial charge in [0.25, 0.3) is 5.56 Å². The molecule has 0 aliphatic carbocycles. The number of carbonyl (C=O) groups excluding carboxylic acids is 1. The molecule has 0 unspecified atom stereocenters. The number of pyridine rings is 1. The molecular formula is C15H10ClF3N2O2. The molecule has 8 heteroatoms. The highest BCUT2D eigenvalue weighted by atomic mass is 35.5. The van der Waals surface area contributed by atoms with E-state index in [9.17, 15) is 22.8 Å². The molecule has 1 aromatic heterocycles. The van der Waals surface area contributed by atoms with Crippen LogP contribution < -0.4 is 10.9 Å². The monoisotopic (exact) mass is 342 g/mol. The lowest BCUT2D eigenvalue weighted by atomic mass is 9.98. The van der Waals surface area contributed by atoms with Crippen LogP contribution >= 0.6 is 11.6 Å². The lowest BCUT2D eigenvalue weighted by molar-refractivity contribution is -0.138. The summed E-state index contributed by atoms with van der Waals surface area (Å²) in [6.07, 6.45) is -4.81. The Kier molecular flexibility index (Phi) is 3.68. The largest absolute Gasteiger partial charge is 0.417 e. The van der Waals surface area contributed by atoms with Gasteiger partial charge in [0.05, 0.1) is 11.1 Å². The van der Waals surface area contributed by atoms with E-state index in [2.05, 4.69) is 5.32 Å². The average Bonchev–Trinajstić information content (AvgIpc) is 2.96. The lowest BCUT2D eigenvalue weighted by Gasteiger charge is -2.16. The molecule has 1 aliphatic rings. The number of nitrogens with one attached hydrogen (secondary N) is 1. The van der Waals surface area contributed by atoms with Gasteiger partial charge in [-0.1, -0.05) is 11.6 Å². The van der Waals surface area contributed by atoms with Crippen LogP contribution in [0, 0.1) is 0 Å². The maximum absolute atomic E-state index is 13.3. The number of alkyl halides is 3. The van der Waals surface area contributed by atoms with Crippen LogP contribution in [0.2, 0.25) is 5.02 Å². The summed E-state index contributed by atoms with van der Waals surface area (Å²) in [5.41, 5.74) is -2.50. The molecule has 0 fully saturated rings. The van der Waals surface area contributed by atoms with Crippen LogP contribution in [0.25, 0.3) is 0 Å². The van der Waals surface area contributed by atoms with E-state index in [1.807, 2.05) is 0 Å². The number of rotatable bonds is 2. The SMILES string of the molecule is O=C(c1ccc(Cl)cc1)c1c(C(F)(F)F)cc(=O)n2c1NCC2. The smallest absolute Gasteiger partial charge is 0.369 e. The van der Waals surface area contributed by atoms with Crippen molar-refractivity contribution in [3.63, 3.8) is 0 Å². The van der Waals surface area contributed by atoms with Gasteiger partial charge in [-0.15, -0.1) is 0 Å². The first-order valence-corrected chi connectivity index (χ1v) is 7.06. The minimum Gasteiger partial charge on any atom is -0.369 e. The molecule has 0 amide bonds. The predicted octanol–water partition coefficient (Wildman–Crippen LogP) is 3.18. The maximum atomic E-state index is 13.3. The first-order valence-electron chi connectivity index (χ1n) is 6.68. The molecule has 0 spiro atoms. The quantitative estimate of drug-likeness (QED) is 0.853. The molecule has 1 N–H and O–H groups in total. The van der Waals surface area contributed by atoms with Crippen LogP contribution in [-0.2, 0) is 12.7 Å². The van der Waals surface area contributed by atoms with E-state index in [1.54, 1.807) is 0 Å². The topological polar surface area (TPSA) is 51.1 Å². The number of carbonyl (C=O) groups is 1. The molecule has 120 valence electrons. The Labute approximate surface area is 133 Å². The summed E-state index contributed by atoms with van der Waals surface area (Å²) in [6.45, 7) is 0.505. The Morgan fingerprint density at radius 2 is 1.87 bits per heavy atom. The average molecular weight is 343 g/mol. The van der Waals surface area contributed by atoms with Gasteiger partial charge in [0.2, 0.25) is 0 Å². The molecule has 1 aromatic carbocycles. The summed E-state index contributed by atoms with van der Waals surface area (Å²) in [5.74, 6) is -0.906. The first kappa shape index (κ1) is 15.6. The second-order valence-corrected chi connectivity index (χ2v) is 5.47. The molecule has 0 saturated carbocycles. The third-order valence-electron chi connectivity index (χ3n) is 3.58. The first-order chi connectivity index (χ1) is 10.8. The van der Waals surface area contributed by atoms with Crippen molar-refractivity contribution in [3.05, 3.63) is 62.4 Å². The Morgan fingerprint density at radius 3 is 2.48 bits per heavy atom. The molecule has 4 nitrogen and oxygen atoms in total. The number of benzene rings is 1. The summed E-state index contributed by atoms with van der Waals surface area (Å²) >= 11 is 5.73. The molecule has 0 atom stereocenters. The summed E-state index contributed by atoms with van der Waals surface area (Å²) < 4.78 is 41.0. The van der Waals surface area contributed by atoms with E-state index < -0.39 is 28.6 Å². The number of nitrogens with zero attached hydrogens (tertiary/aromatic N) is 1. The fourth-order valence-electron chi connectivity index (χ4n) is 2.54. The van der Waals surface area contributed by atoms with Gasteiger partial charge in [-0.2, -0.15) is 13.2 Å². The molecule has 0 saturated heterocycles. The molecule has 1 aliphatic heterocycles. The fraction of sp³-hybridized carbons (Fsp3) is 0.200. The third-order valence-corrected chi connectivity index (χ3v) is 3.83. The van der Waals surface area contributed by atoms with Crippen LogP contribution in [0.3, 0.4) is 0 Å². The van der Waals surface area contributed by atoms with E-state index in [4.69, 9.17) is 11.6 Å². The Morgan fingerprint density at radius 1 is 1.22 bits per heavy atom. The minimum absolute atomic E-state index is 0.0649. The lowest BCUT2D eigenvalue weighted by Crippen LogP contribution is -2.25. The number of fused-ring (bicyclic) bond motifs is 1. The van der Waals surface area contributed by atoms with Crippen molar-refractivity contribution in [1.29, 1.82) is 0 Å². The Balaban J connectivity index is 2.25. The zero-order valence-corrected chi connectivity index (χ0v) is 12.3. The van der Waals surface area contributed by atoms with E-state index in [0.29, 0.717) is 11.1 Å². The number of aromatic nitrogens is 1. The summed E-state index contributed by atoms with van der Waals surface area (Å²) in [5, 5.41) is 3.07. The predicted molar refractivity (Wildman–Crippen MR) is 79.1 cm³/mol. The van der Waals surface area contributed by atoms with Gasteiger partial charge in [-0.25, -0.2) is 0 Å². The van der Waals surface area contributed by atoms with Crippen LogP contribution in [0.4, 0.5) is 19.0 Å². The highest BCUT2D eigenvalue weighted by Gasteiger charge is 2.39. The highest BCUT2D eigenvalue weighted by molar-refractivity contribution is 6.30. The van der Waals surface area contributed by atoms with Crippen molar-refractivity contribution in [3.8, 4) is 0 Å². The second-order valence-electron chi connectivity index (χ2n) is 5.03. The Hall–Kier alpha value is -2.28. The van der Waals surface area contributed by atoms with Crippen molar-refractivity contribution < 1.29 is 18.0 Å². The molecule has 3 rings (SSSR count). The van der Waals surface area contributed by atoms with Crippen molar-refractivity contribution in [2.24, 2.45) is 0 Å². The van der Waals surface area contributed by atoms with E-state index in [-0.39, 0.29) is 24.5 Å². The van der Waals surface area contributed by atoms with Gasteiger partial charge in [-0.05, 0) is 24.3 Å². The molecular weight excluding hydrogens is 333 g/mol. The molecule has 2 heterocycles. The minimum atomic E-state index is -4.81. The van der Waals surface area contributed by atoms with Gasteiger partial charge in [0, 0.05) is 29.7 Å². The number of hydrogen-bond donors (Lipinski definition) is 1. The van der Waals surface area contributed by atoms with Gasteiger partial charge < -0.3 is 5.32 Å². The summed E-state index contributed by atoms with van der Waals surface area (Å²) in [7, 11) is 0. The van der Waals surface area contributed by atoms with Gasteiger partial charge in [0.15, 0.2) is 5.78 Å². The van der Waals surface area contributed by atoms with Crippen LogP contribution in [0.5, 0.6) is 0 Å². The van der Waals surface area contributed by atoms with Crippen molar-refractivity contribution in [1.82, 2.24) is 4.57 Å². The number of ketones is 1. The van der Waals surface area contributed by atoms with E-state index >= 15 is 0 Å². The van der Waals surface area contributed by atoms with Crippen molar-refractivity contribution in [2.45, 2.75) is 12.7 Å². The number of halogens is 4. The molecule has 23 heavy (non-hydrogen) atoms. The van der Waals surface area contributed by atoms with Crippen molar-refractivity contribution >= 4 is 23.2 Å². The normalized spacial score (nSPS) is 13.6. The van der Waals surface area contributed by atoms with Gasteiger partial charge in [0.1, 0.15) is 5.82 Å². The standard InChI is InChI=1S/C15H10ClF3N2O2/c16-9-3-1-8(2-4-9)13(23)12-10(15(17,18)19)7-11(22)21-6-5-20-14(12)21/h1-4,7,20H,5-6H2. The summed E-state index contributed by atoms with van der Waals surface area (Å²) in [6, 6.07) is 6.01. The van der Waals surface area contributed by atoms with Crippen LogP contribution in [0.1, 0.15) is 21.5 Å². The fourth-order valence-corrected chi connectivity index (χ4v) is 2.66. The van der Waals surface area contributed by atoms with Crippen molar-refractivity contribution in [2.75, 3.05) is 11.9 Å². The second kappa shape index (κ2) is 5.42. The number of hydrogen-bond acceptors (Lipinski definition) is 3. The zero-order valence-electron chi connectivity index (χ0n) is 11.6. The van der Waals surface area contributed by atoms with E-state index in [1.165, 1.54) is 24.3 Å². The van der Waals surface area contributed by atoms with Crippen LogP contribution in [0.15, 0.2) is 35.1 Å². The van der Waals surface area contributed by atoms with Gasteiger partial charge in [-0.3, -0.25) is 14.2 Å². The maximum Gasteiger partial charge on any atom is 0.417 e. The van der Waals surface area contributed by atoms with Crippen LogP contribution in [-0.4, -0.2) is 16.9 Å². The molecule has 2 aromatic rings. The molecule has 0 radical (unpaired) electrons. The third kappa shape index (κ3) is 2.72. The molecule has 0 bridgehead atoms. The van der Waals surface area contributed by atoms with E-state index in [0.717, 1.165) is 4.57 Å². The number of anilines is 1. The Bertz CT molecular complexity index is 842. The zero-order chi connectivity index (χ0) is 16.8. The summed E-state index contributed by atoms with van der Waals surface area (Å²) in [4.78, 5) is 24.4.